The van der Waals surface area contributed by atoms with Crippen molar-refractivity contribution in [1.29, 1.82) is 0 Å². The standard InChI is InChI=1S/C9H17NO3/c1-7(5-6-11)10-8(12)13-9(2,3)4/h6-7H,5H2,1-4H3,(H,10,12)/t7-/m1/s1/i5D/t5?,7-. The molecule has 13 heavy (non-hydrogen) atoms. The van der Waals surface area contributed by atoms with Crippen molar-refractivity contribution in [2.75, 3.05) is 0 Å². The average molecular weight is 188 g/mol. The van der Waals surface area contributed by atoms with Crippen LogP contribution in [-0.2, 0) is 9.53 Å². The molecule has 0 aliphatic rings. The summed E-state index contributed by atoms with van der Waals surface area (Å²) in [5, 5.41) is 2.41. The summed E-state index contributed by atoms with van der Waals surface area (Å²) >= 11 is 0. The molecule has 1 unspecified atom stereocenters. The van der Waals surface area contributed by atoms with E-state index in [2.05, 4.69) is 5.32 Å². The van der Waals surface area contributed by atoms with Crippen LogP contribution in [-0.4, -0.2) is 24.0 Å². The summed E-state index contributed by atoms with van der Waals surface area (Å²) in [6, 6.07) is -0.539. The van der Waals surface area contributed by atoms with Gasteiger partial charge in [0.25, 0.3) is 0 Å². The zero-order chi connectivity index (χ0) is 11.4. The van der Waals surface area contributed by atoms with E-state index in [1.165, 1.54) is 0 Å². The van der Waals surface area contributed by atoms with Gasteiger partial charge in [0.05, 0.1) is 0 Å². The van der Waals surface area contributed by atoms with E-state index in [-0.39, 0.29) is 0 Å². The van der Waals surface area contributed by atoms with Crippen LogP contribution in [0.4, 0.5) is 4.79 Å². The van der Waals surface area contributed by atoms with Gasteiger partial charge in [-0.2, -0.15) is 0 Å². The molecule has 1 N–H and O–H groups in total. The van der Waals surface area contributed by atoms with Gasteiger partial charge in [-0.15, -0.1) is 0 Å². The second-order valence-corrected chi connectivity index (χ2v) is 3.76. The number of amides is 1. The fraction of sp³-hybridized carbons (Fsp3) is 0.778. The number of nitrogens with one attached hydrogen (secondary N) is 1. The zero-order valence-corrected chi connectivity index (χ0v) is 8.46. The van der Waals surface area contributed by atoms with Crippen LogP contribution in [0, 0.1) is 0 Å². The molecule has 0 heterocycles. The minimum atomic E-state index is -0.956. The van der Waals surface area contributed by atoms with Crippen molar-refractivity contribution in [2.45, 2.75) is 45.7 Å². The van der Waals surface area contributed by atoms with E-state index in [1.807, 2.05) is 0 Å². The zero-order valence-electron chi connectivity index (χ0n) is 9.46. The highest BCUT2D eigenvalue weighted by atomic mass is 16.6. The molecule has 0 rings (SSSR count). The van der Waals surface area contributed by atoms with Gasteiger partial charge in [0.2, 0.25) is 0 Å². The number of carbonyl (C=O) groups is 2. The maximum Gasteiger partial charge on any atom is 0.407 e. The predicted octanol–water partition coefficient (Wildman–Crippen LogP) is 1.49. The first-order valence-electron chi connectivity index (χ1n) is 4.71. The summed E-state index contributed by atoms with van der Waals surface area (Å²) in [4.78, 5) is 21.4. The topological polar surface area (TPSA) is 55.4 Å². The number of ether oxygens (including phenoxy) is 1. The molecule has 2 atom stereocenters. The van der Waals surface area contributed by atoms with Crippen LogP contribution >= 0.6 is 0 Å². The van der Waals surface area contributed by atoms with E-state index in [4.69, 9.17) is 6.11 Å². The van der Waals surface area contributed by atoms with Crippen molar-refractivity contribution in [2.24, 2.45) is 0 Å². The molecular weight excluding hydrogens is 170 g/mol. The molecule has 4 heteroatoms. The third kappa shape index (κ3) is 7.31. The molecule has 0 fully saturated rings. The van der Waals surface area contributed by atoms with Crippen LogP contribution in [0.25, 0.3) is 0 Å². The van der Waals surface area contributed by atoms with Crippen LogP contribution in [0.5, 0.6) is 0 Å². The van der Waals surface area contributed by atoms with Crippen molar-refractivity contribution in [1.82, 2.24) is 5.32 Å². The summed E-state index contributed by atoms with van der Waals surface area (Å²) < 4.78 is 12.2. The SMILES string of the molecule is [2H]C(C=O)[C@@H](C)NC(=O)OC(C)(C)C. The molecule has 0 aromatic carbocycles. The molecule has 0 spiro atoms. The highest BCUT2D eigenvalue weighted by Gasteiger charge is 2.17. The lowest BCUT2D eigenvalue weighted by atomic mass is 10.2. The Bertz CT molecular complexity index is 213. The molecule has 76 valence electrons. The highest BCUT2D eigenvalue weighted by molar-refractivity contribution is 5.68. The first kappa shape index (κ1) is 10.0. The molecule has 0 aromatic heterocycles. The summed E-state index contributed by atoms with van der Waals surface area (Å²) in [7, 11) is 0. The van der Waals surface area contributed by atoms with Crippen molar-refractivity contribution >= 4 is 12.4 Å². The van der Waals surface area contributed by atoms with Gasteiger partial charge in [-0.25, -0.2) is 4.79 Å². The van der Waals surface area contributed by atoms with E-state index < -0.39 is 24.1 Å². The van der Waals surface area contributed by atoms with Gasteiger partial charge in [0.15, 0.2) is 0 Å². The lowest BCUT2D eigenvalue weighted by Gasteiger charge is -2.21. The van der Waals surface area contributed by atoms with Gasteiger partial charge in [0.1, 0.15) is 11.9 Å². The van der Waals surface area contributed by atoms with Gasteiger partial charge in [-0.05, 0) is 27.7 Å². The molecule has 0 saturated heterocycles. The van der Waals surface area contributed by atoms with Crippen molar-refractivity contribution < 1.29 is 15.7 Å². The number of rotatable bonds is 3. The van der Waals surface area contributed by atoms with Crippen molar-refractivity contribution in [3.8, 4) is 0 Å². The summed E-state index contributed by atoms with van der Waals surface area (Å²) in [5.41, 5.74) is -0.567. The Morgan fingerprint density at radius 3 is 2.62 bits per heavy atom. The quantitative estimate of drug-likeness (QED) is 0.683. The first-order valence-corrected chi connectivity index (χ1v) is 4.13. The maximum absolute atomic E-state index is 11.2. The van der Waals surface area contributed by atoms with E-state index in [1.54, 1.807) is 27.7 Å². The summed E-state index contributed by atoms with van der Waals surface area (Å²) in [6.07, 6.45) is -1.09. The largest absolute Gasteiger partial charge is 0.444 e. The first-order chi connectivity index (χ1) is 6.26. The monoisotopic (exact) mass is 188 g/mol. The van der Waals surface area contributed by atoms with Crippen LogP contribution < -0.4 is 5.32 Å². The lowest BCUT2D eigenvalue weighted by molar-refractivity contribution is -0.108. The molecule has 4 nitrogen and oxygen atoms in total. The second-order valence-electron chi connectivity index (χ2n) is 3.76. The van der Waals surface area contributed by atoms with Gasteiger partial charge in [-0.3, -0.25) is 0 Å². The fourth-order valence-corrected chi connectivity index (χ4v) is 0.659. The van der Waals surface area contributed by atoms with E-state index in [0.29, 0.717) is 6.29 Å². The molecular formula is C9H17NO3. The van der Waals surface area contributed by atoms with E-state index in [0.717, 1.165) is 0 Å². The number of carbonyl (C=O) groups excluding carboxylic acids is 2. The van der Waals surface area contributed by atoms with Crippen LogP contribution in [0.15, 0.2) is 0 Å². The smallest absolute Gasteiger partial charge is 0.407 e. The normalized spacial score (nSPS) is 16.8. The lowest BCUT2D eigenvalue weighted by Crippen LogP contribution is -2.37. The Balaban J connectivity index is 4.01. The number of hydrogen-bond donors (Lipinski definition) is 1. The average Bonchev–Trinajstić information content (AvgIpc) is 1.99. The number of alkyl carbamates (subject to hydrolysis) is 1. The highest BCUT2D eigenvalue weighted by Crippen LogP contribution is 2.06. The summed E-state index contributed by atoms with van der Waals surface area (Å²) in [6.45, 7) is 6.81. The second kappa shape index (κ2) is 4.84. The number of hydrogen-bond acceptors (Lipinski definition) is 3. The molecule has 0 saturated carbocycles. The Kier molecular flexibility index (Phi) is 3.73. The molecule has 1 amide bonds. The van der Waals surface area contributed by atoms with Gasteiger partial charge in [-0.1, -0.05) is 0 Å². The Morgan fingerprint density at radius 1 is 1.69 bits per heavy atom. The van der Waals surface area contributed by atoms with Gasteiger partial charge < -0.3 is 14.8 Å². The fourth-order valence-electron chi connectivity index (χ4n) is 0.659. The van der Waals surface area contributed by atoms with E-state index in [9.17, 15) is 9.59 Å². The van der Waals surface area contributed by atoms with Crippen LogP contribution in [0.3, 0.4) is 0 Å². The Hall–Kier alpha value is -1.06. The van der Waals surface area contributed by atoms with Crippen LogP contribution in [0.1, 0.15) is 35.5 Å². The third-order valence-corrected chi connectivity index (χ3v) is 1.11. The molecule has 0 radical (unpaired) electrons. The minimum Gasteiger partial charge on any atom is -0.444 e. The Morgan fingerprint density at radius 2 is 2.23 bits per heavy atom. The van der Waals surface area contributed by atoms with E-state index >= 15 is 0 Å². The number of aldehydes is 1. The Labute approximate surface area is 80.1 Å². The van der Waals surface area contributed by atoms with Gasteiger partial charge in [0, 0.05) is 13.8 Å². The molecule has 0 bridgehead atoms. The van der Waals surface area contributed by atoms with Gasteiger partial charge >= 0.3 is 6.09 Å². The third-order valence-electron chi connectivity index (χ3n) is 1.11. The predicted molar refractivity (Wildman–Crippen MR) is 49.5 cm³/mol. The minimum absolute atomic E-state index is 0.474. The molecule has 0 aliphatic heterocycles. The summed E-state index contributed by atoms with van der Waals surface area (Å²) in [5.74, 6) is 0. The molecule has 0 aliphatic carbocycles. The maximum atomic E-state index is 11.2. The van der Waals surface area contributed by atoms with Crippen LogP contribution in [0.2, 0.25) is 0 Å². The van der Waals surface area contributed by atoms with Crippen molar-refractivity contribution in [3.63, 3.8) is 0 Å². The molecule has 0 aromatic rings. The van der Waals surface area contributed by atoms with Crippen molar-refractivity contribution in [3.05, 3.63) is 0 Å².